The summed E-state index contributed by atoms with van der Waals surface area (Å²) >= 11 is 0. The van der Waals surface area contributed by atoms with E-state index in [9.17, 15) is 10.1 Å². The first-order chi connectivity index (χ1) is 16.0. The zero-order chi connectivity index (χ0) is 22.8. The Morgan fingerprint density at radius 1 is 1.12 bits per heavy atom. The van der Waals surface area contributed by atoms with Gasteiger partial charge in [0.25, 0.3) is 0 Å². The molecule has 3 heterocycles. The number of hydrogen-bond acceptors (Lipinski definition) is 8. The first kappa shape index (κ1) is 20.6. The Kier molecular flexibility index (Phi) is 5.17. The van der Waals surface area contributed by atoms with Gasteiger partial charge in [0.05, 0.1) is 6.54 Å². The third kappa shape index (κ3) is 4.49. The molecule has 1 aliphatic heterocycles. The molecular formula is C23H20N4O6. The van der Waals surface area contributed by atoms with E-state index in [1.54, 1.807) is 4.57 Å². The number of hydrogen-bond donors (Lipinski definition) is 0. The molecule has 0 N–H and O–H groups in total. The fraction of sp³-hybridized carbons (Fsp3) is 0.217. The van der Waals surface area contributed by atoms with Crippen molar-refractivity contribution in [3.05, 3.63) is 82.7 Å². The topological polar surface area (TPSA) is 115 Å². The van der Waals surface area contributed by atoms with Gasteiger partial charge in [-0.15, -0.1) is 0 Å². The van der Waals surface area contributed by atoms with Gasteiger partial charge in [0.2, 0.25) is 0 Å². The van der Waals surface area contributed by atoms with Crippen LogP contribution in [0.4, 0.5) is 5.82 Å². The highest BCUT2D eigenvalue weighted by molar-refractivity contribution is 5.59. The normalized spacial score (nSPS) is 16.8. The minimum absolute atomic E-state index is 0.223. The predicted octanol–water partition coefficient (Wildman–Crippen LogP) is 4.26. The van der Waals surface area contributed by atoms with E-state index in [0.717, 1.165) is 11.3 Å². The molecule has 0 radical (unpaired) electrons. The minimum Gasteiger partial charge on any atom is -0.489 e. The lowest BCUT2D eigenvalue weighted by atomic mass is 10.1. The Hall–Kier alpha value is -4.34. The molecule has 0 fully saturated rings. The molecule has 0 spiro atoms. The highest BCUT2D eigenvalue weighted by atomic mass is 16.6. The van der Waals surface area contributed by atoms with E-state index in [1.807, 2.05) is 67.6 Å². The fourth-order valence-electron chi connectivity index (χ4n) is 3.50. The summed E-state index contributed by atoms with van der Waals surface area (Å²) in [5, 5.41) is 14.9. The Labute approximate surface area is 188 Å². The molecule has 0 saturated carbocycles. The second-order valence-corrected chi connectivity index (χ2v) is 7.91. The Balaban J connectivity index is 1.16. The van der Waals surface area contributed by atoms with Crippen LogP contribution in [0.25, 0.3) is 11.3 Å². The van der Waals surface area contributed by atoms with Crippen molar-refractivity contribution >= 4 is 5.82 Å². The van der Waals surface area contributed by atoms with Gasteiger partial charge in [-0.25, -0.2) is 0 Å². The number of fused-ring (bicyclic) bond motifs is 1. The molecule has 1 atom stereocenters. The van der Waals surface area contributed by atoms with Crippen molar-refractivity contribution in [2.75, 3.05) is 6.61 Å². The van der Waals surface area contributed by atoms with Crippen molar-refractivity contribution in [2.24, 2.45) is 0 Å². The van der Waals surface area contributed by atoms with Crippen LogP contribution in [0.3, 0.4) is 0 Å². The lowest BCUT2D eigenvalue weighted by Gasteiger charge is -2.22. The summed E-state index contributed by atoms with van der Waals surface area (Å²) in [6, 6.07) is 19.0. The van der Waals surface area contributed by atoms with Crippen LogP contribution in [0, 0.1) is 10.1 Å². The van der Waals surface area contributed by atoms with E-state index in [-0.39, 0.29) is 25.0 Å². The number of benzene rings is 2. The number of aromatic nitrogens is 3. The lowest BCUT2D eigenvalue weighted by molar-refractivity contribution is -0.389. The smallest absolute Gasteiger partial charge is 0.415 e. The molecule has 0 unspecified atom stereocenters. The molecule has 10 nitrogen and oxygen atoms in total. The molecule has 0 aliphatic carbocycles. The number of imidazole rings is 1. The summed E-state index contributed by atoms with van der Waals surface area (Å²) < 4.78 is 24.3. The maximum Gasteiger partial charge on any atom is 0.415 e. The maximum absolute atomic E-state index is 10.8. The van der Waals surface area contributed by atoms with Gasteiger partial charge in [0.15, 0.2) is 11.4 Å². The van der Waals surface area contributed by atoms with E-state index in [4.69, 9.17) is 18.7 Å². The summed E-state index contributed by atoms with van der Waals surface area (Å²) in [5.41, 5.74) is 0.912. The highest BCUT2D eigenvalue weighted by Gasteiger charge is 2.41. The average Bonchev–Trinajstić information content (AvgIpc) is 3.51. The van der Waals surface area contributed by atoms with Gasteiger partial charge in [-0.05, 0) is 48.2 Å². The molecule has 0 bridgehead atoms. The van der Waals surface area contributed by atoms with Crippen molar-refractivity contribution in [3.8, 4) is 28.8 Å². The van der Waals surface area contributed by atoms with E-state index in [0.29, 0.717) is 23.7 Å². The SMILES string of the molecule is C[C@]1(COc2ccc(-c3cc(COc4ccccc4)on3)cc2)Cn2cc([N+](=O)[O-])nc2O1. The second kappa shape index (κ2) is 8.30. The van der Waals surface area contributed by atoms with Crippen LogP contribution in [0.5, 0.6) is 17.5 Å². The third-order valence-corrected chi connectivity index (χ3v) is 5.13. The molecule has 2 aromatic carbocycles. The van der Waals surface area contributed by atoms with Crippen molar-refractivity contribution in [1.82, 2.24) is 14.7 Å². The highest BCUT2D eigenvalue weighted by Crippen LogP contribution is 2.31. The Morgan fingerprint density at radius 2 is 1.88 bits per heavy atom. The second-order valence-electron chi connectivity index (χ2n) is 7.91. The minimum atomic E-state index is -0.671. The molecular weight excluding hydrogens is 428 g/mol. The van der Waals surface area contributed by atoms with Crippen LogP contribution in [-0.4, -0.2) is 31.8 Å². The van der Waals surface area contributed by atoms with Crippen molar-refractivity contribution < 1.29 is 23.7 Å². The molecule has 168 valence electrons. The van der Waals surface area contributed by atoms with Gasteiger partial charge in [0, 0.05) is 16.6 Å². The molecule has 1 aliphatic rings. The van der Waals surface area contributed by atoms with Gasteiger partial charge < -0.3 is 28.8 Å². The summed E-state index contributed by atoms with van der Waals surface area (Å²) in [7, 11) is 0. The van der Waals surface area contributed by atoms with Gasteiger partial charge in [0.1, 0.15) is 36.6 Å². The summed E-state index contributed by atoms with van der Waals surface area (Å²) in [6.45, 7) is 2.83. The first-order valence-electron chi connectivity index (χ1n) is 10.2. The van der Waals surface area contributed by atoms with Gasteiger partial charge in [-0.3, -0.25) is 4.57 Å². The molecule has 10 heteroatoms. The number of nitro groups is 1. The Morgan fingerprint density at radius 3 is 2.61 bits per heavy atom. The van der Waals surface area contributed by atoms with Gasteiger partial charge in [-0.1, -0.05) is 23.4 Å². The van der Waals surface area contributed by atoms with E-state index < -0.39 is 10.5 Å². The van der Waals surface area contributed by atoms with Crippen LogP contribution in [0.1, 0.15) is 12.7 Å². The van der Waals surface area contributed by atoms with E-state index in [1.165, 1.54) is 6.20 Å². The fourth-order valence-corrected chi connectivity index (χ4v) is 3.50. The average molecular weight is 448 g/mol. The van der Waals surface area contributed by atoms with Crippen molar-refractivity contribution in [1.29, 1.82) is 0 Å². The molecule has 33 heavy (non-hydrogen) atoms. The van der Waals surface area contributed by atoms with Crippen LogP contribution in [0.2, 0.25) is 0 Å². The number of ether oxygens (including phenoxy) is 3. The van der Waals surface area contributed by atoms with Crippen molar-refractivity contribution in [3.63, 3.8) is 0 Å². The standard InChI is InChI=1S/C23H20N4O6/c1-23(14-26-12-21(27(28)29)24-22(26)32-23)15-31-18-9-7-16(8-10-18)20-11-19(33-25-20)13-30-17-5-3-2-4-6-17/h2-12H,13-15H2,1H3/t23-/m1/s1. The zero-order valence-corrected chi connectivity index (χ0v) is 17.7. The van der Waals surface area contributed by atoms with Crippen LogP contribution >= 0.6 is 0 Å². The summed E-state index contributed by atoms with van der Waals surface area (Å²) in [6.07, 6.45) is 1.37. The predicted molar refractivity (Wildman–Crippen MR) is 116 cm³/mol. The molecule has 4 aromatic rings. The van der Waals surface area contributed by atoms with Gasteiger partial charge >= 0.3 is 11.8 Å². The molecule has 0 saturated heterocycles. The third-order valence-electron chi connectivity index (χ3n) is 5.13. The maximum atomic E-state index is 10.8. The van der Waals surface area contributed by atoms with Crippen LogP contribution < -0.4 is 14.2 Å². The van der Waals surface area contributed by atoms with Crippen LogP contribution in [0.15, 0.2) is 71.4 Å². The monoisotopic (exact) mass is 448 g/mol. The van der Waals surface area contributed by atoms with Gasteiger partial charge in [-0.2, -0.15) is 0 Å². The number of rotatable bonds is 8. The Bertz CT molecular complexity index is 1240. The molecule has 2 aromatic heterocycles. The number of nitrogens with zero attached hydrogens (tertiary/aromatic N) is 4. The largest absolute Gasteiger partial charge is 0.489 e. The molecule has 0 amide bonds. The van der Waals surface area contributed by atoms with E-state index in [2.05, 4.69) is 10.1 Å². The summed E-state index contributed by atoms with van der Waals surface area (Å²) in [4.78, 5) is 14.2. The quantitative estimate of drug-likeness (QED) is 0.290. The summed E-state index contributed by atoms with van der Waals surface area (Å²) in [5.74, 6) is 1.82. The van der Waals surface area contributed by atoms with E-state index >= 15 is 0 Å². The molecule has 5 rings (SSSR count). The number of para-hydroxylation sites is 1. The van der Waals surface area contributed by atoms with Crippen molar-refractivity contribution in [2.45, 2.75) is 25.7 Å². The zero-order valence-electron chi connectivity index (χ0n) is 17.7. The first-order valence-corrected chi connectivity index (χ1v) is 10.2. The van der Waals surface area contributed by atoms with Crippen LogP contribution in [-0.2, 0) is 13.2 Å². The lowest BCUT2D eigenvalue weighted by Crippen LogP contribution is -2.38.